The summed E-state index contributed by atoms with van der Waals surface area (Å²) in [5, 5.41) is 0.0352. The Balaban J connectivity index is 1.93. The fraction of sp³-hybridized carbons (Fsp3) is 0.348. The van der Waals surface area contributed by atoms with Gasteiger partial charge in [0.25, 0.3) is 5.91 Å². The number of piperazine rings is 1. The average Bonchev–Trinajstić information content (AvgIpc) is 2.80. The number of carbonyl (C=O) groups is 3. The number of nitrogens with zero attached hydrogens (tertiary/aromatic N) is 4. The van der Waals surface area contributed by atoms with Gasteiger partial charge in [0.1, 0.15) is 10.9 Å². The van der Waals surface area contributed by atoms with Gasteiger partial charge in [-0.05, 0) is 43.7 Å². The van der Waals surface area contributed by atoms with E-state index in [2.05, 4.69) is 11.4 Å². The smallest absolute Gasteiger partial charge is 0.261 e. The van der Waals surface area contributed by atoms with Crippen molar-refractivity contribution < 1.29 is 22.8 Å². The predicted molar refractivity (Wildman–Crippen MR) is 131 cm³/mol. The summed E-state index contributed by atoms with van der Waals surface area (Å²) in [5.74, 6) is -2.36. The normalized spacial score (nSPS) is 23.2. The topological polar surface area (TPSA) is 134 Å². The fourth-order valence-electron chi connectivity index (χ4n) is 4.58. The van der Waals surface area contributed by atoms with Gasteiger partial charge in [-0.15, -0.1) is 0 Å². The molecule has 2 radical (unpaired) electrons. The van der Waals surface area contributed by atoms with Gasteiger partial charge in [-0.2, -0.15) is 4.31 Å². The van der Waals surface area contributed by atoms with Crippen molar-refractivity contribution in [1.29, 1.82) is 0 Å². The molecule has 3 amide bonds. The van der Waals surface area contributed by atoms with E-state index < -0.39 is 58.6 Å². The lowest BCUT2D eigenvalue weighted by Crippen LogP contribution is -2.83. The van der Waals surface area contributed by atoms with Crippen LogP contribution in [-0.2, 0) is 30.8 Å². The Morgan fingerprint density at radius 2 is 2.00 bits per heavy atom. The molecule has 4 rings (SSSR count). The largest absolute Gasteiger partial charge is 0.366 e. The number of hydrogen-bond acceptors (Lipinski definition) is 6. The lowest BCUT2D eigenvalue weighted by molar-refractivity contribution is -0.182. The molecular formula is C23H23Cl2N5O5S. The first-order valence-electron chi connectivity index (χ1n) is 11.0. The predicted octanol–water partition coefficient (Wildman–Crippen LogP) is 1.35. The van der Waals surface area contributed by atoms with Crippen LogP contribution in [0.4, 0.5) is 0 Å². The van der Waals surface area contributed by atoms with Crippen molar-refractivity contribution in [1.82, 2.24) is 19.1 Å². The third-order valence-electron chi connectivity index (χ3n) is 6.31. The van der Waals surface area contributed by atoms with E-state index in [1.165, 1.54) is 29.3 Å². The molecule has 2 aromatic rings. The number of sulfonamides is 1. The van der Waals surface area contributed by atoms with Crippen LogP contribution < -0.4 is 5.73 Å². The second kappa shape index (κ2) is 9.62. The van der Waals surface area contributed by atoms with Crippen LogP contribution in [0.2, 0.25) is 10.0 Å². The van der Waals surface area contributed by atoms with Gasteiger partial charge in [0.05, 0.1) is 18.0 Å². The van der Waals surface area contributed by atoms with Crippen LogP contribution >= 0.6 is 23.2 Å². The van der Waals surface area contributed by atoms with E-state index in [1.807, 2.05) is 0 Å². The Hall–Kier alpha value is -2.73. The highest BCUT2D eigenvalue weighted by atomic mass is 35.5. The second-order valence-electron chi connectivity index (χ2n) is 8.76. The van der Waals surface area contributed by atoms with Crippen molar-refractivity contribution >= 4 is 50.9 Å². The first-order valence-corrected chi connectivity index (χ1v) is 13.1. The molecule has 2 unspecified atom stereocenters. The zero-order valence-corrected chi connectivity index (χ0v) is 21.7. The van der Waals surface area contributed by atoms with Crippen LogP contribution in [0.5, 0.6) is 0 Å². The van der Waals surface area contributed by atoms with Crippen LogP contribution in [-0.4, -0.2) is 76.1 Å². The molecule has 0 spiro atoms. The second-order valence-corrected chi connectivity index (χ2v) is 11.4. The standard InChI is InChI=1S/C23H23Cl2N5O5S/c1-14(2)28-13-23(22(26)33)29(36(34,35)19-6-5-16(24)11-17(19)25)9-7-20(31)30(23)18(21(28)32)10-15-4-3-8-27-12-15/h3-6,8,11-12,14,18H,9-10,13H2,1-2H3,(H2,26,33). The van der Waals surface area contributed by atoms with Gasteiger partial charge in [0.15, 0.2) is 0 Å². The summed E-state index contributed by atoms with van der Waals surface area (Å²) in [6, 6.07) is 5.51. The number of carbonyl (C=O) groups excluding carboxylic acids is 3. The fourth-order valence-corrected chi connectivity index (χ4v) is 6.93. The lowest BCUT2D eigenvalue weighted by Gasteiger charge is -2.58. The first-order chi connectivity index (χ1) is 16.9. The first kappa shape index (κ1) is 26.3. The van der Waals surface area contributed by atoms with Gasteiger partial charge in [0.2, 0.25) is 27.5 Å². The third-order valence-corrected chi connectivity index (χ3v) is 8.89. The summed E-state index contributed by atoms with van der Waals surface area (Å²) < 4.78 is 28.6. The number of hydrogen-bond donors (Lipinski definition) is 1. The van der Waals surface area contributed by atoms with Crippen molar-refractivity contribution in [2.45, 2.75) is 42.9 Å². The van der Waals surface area contributed by atoms with Gasteiger partial charge >= 0.3 is 0 Å². The third kappa shape index (κ3) is 4.23. The van der Waals surface area contributed by atoms with E-state index in [9.17, 15) is 22.8 Å². The molecule has 0 saturated carbocycles. The Morgan fingerprint density at radius 3 is 2.58 bits per heavy atom. The zero-order valence-electron chi connectivity index (χ0n) is 19.4. The molecule has 36 heavy (non-hydrogen) atoms. The minimum absolute atomic E-state index is 0.0199. The Kier molecular flexibility index (Phi) is 7.04. The molecule has 2 saturated heterocycles. The van der Waals surface area contributed by atoms with Crippen LogP contribution in [0, 0.1) is 6.42 Å². The van der Waals surface area contributed by atoms with Gasteiger partial charge in [0, 0.05) is 36.4 Å². The van der Waals surface area contributed by atoms with Crippen molar-refractivity contribution in [3.8, 4) is 0 Å². The number of halogens is 2. The highest BCUT2D eigenvalue weighted by Gasteiger charge is 2.64. The molecule has 2 aliphatic rings. The summed E-state index contributed by atoms with van der Waals surface area (Å²) in [6.45, 7) is 2.42. The summed E-state index contributed by atoms with van der Waals surface area (Å²) in [4.78, 5) is 46.1. The van der Waals surface area contributed by atoms with Crippen molar-refractivity contribution in [2.24, 2.45) is 5.73 Å². The number of amides is 3. The summed E-state index contributed by atoms with van der Waals surface area (Å²) >= 11 is 12.2. The van der Waals surface area contributed by atoms with E-state index in [0.29, 0.717) is 5.56 Å². The zero-order chi connectivity index (χ0) is 26.4. The monoisotopic (exact) mass is 551 g/mol. The summed E-state index contributed by atoms with van der Waals surface area (Å²) in [6.07, 6.45) is 5.53. The van der Waals surface area contributed by atoms with Gasteiger partial charge < -0.3 is 15.5 Å². The number of pyridine rings is 1. The Bertz CT molecular complexity index is 1320. The molecule has 3 heterocycles. The number of primary amides is 1. The van der Waals surface area contributed by atoms with Crippen LogP contribution in [0.25, 0.3) is 0 Å². The minimum atomic E-state index is -4.53. The maximum atomic E-state index is 13.9. The number of benzene rings is 1. The molecule has 13 heteroatoms. The quantitative estimate of drug-likeness (QED) is 0.575. The van der Waals surface area contributed by atoms with E-state index >= 15 is 0 Å². The molecule has 0 aliphatic carbocycles. The molecule has 2 N–H and O–H groups in total. The maximum absolute atomic E-state index is 13.9. The minimum Gasteiger partial charge on any atom is -0.366 e. The van der Waals surface area contributed by atoms with E-state index in [4.69, 9.17) is 28.9 Å². The SMILES string of the molecule is CC(C)N1CC2(C(N)=O)N(C(=O)[C]CN2S(=O)(=O)c2ccc(Cl)cc2Cl)C(Cc2cccnc2)C1=O. The molecule has 1 aromatic heterocycles. The molecule has 2 atom stereocenters. The van der Waals surface area contributed by atoms with Gasteiger partial charge in [-0.1, -0.05) is 29.3 Å². The van der Waals surface area contributed by atoms with Crippen molar-refractivity contribution in [3.63, 3.8) is 0 Å². The van der Waals surface area contributed by atoms with Crippen LogP contribution in [0.1, 0.15) is 19.4 Å². The molecule has 10 nitrogen and oxygen atoms in total. The van der Waals surface area contributed by atoms with Gasteiger partial charge in [-0.25, -0.2) is 8.42 Å². The van der Waals surface area contributed by atoms with Gasteiger partial charge in [-0.3, -0.25) is 19.4 Å². The highest BCUT2D eigenvalue weighted by Crippen LogP contribution is 2.40. The Morgan fingerprint density at radius 1 is 1.28 bits per heavy atom. The van der Waals surface area contributed by atoms with Crippen LogP contribution in [0.3, 0.4) is 0 Å². The van der Waals surface area contributed by atoms with E-state index in [1.54, 1.807) is 32.2 Å². The maximum Gasteiger partial charge on any atom is 0.261 e. The average molecular weight is 552 g/mol. The molecule has 0 bridgehead atoms. The molecule has 2 fully saturated rings. The summed E-state index contributed by atoms with van der Waals surface area (Å²) in [7, 11) is -4.53. The Labute approximate surface area is 219 Å². The van der Waals surface area contributed by atoms with E-state index in [0.717, 1.165) is 9.21 Å². The number of fused-ring (bicyclic) bond motifs is 1. The van der Waals surface area contributed by atoms with Crippen LogP contribution in [0.15, 0.2) is 47.6 Å². The number of rotatable bonds is 6. The molecular weight excluding hydrogens is 529 g/mol. The van der Waals surface area contributed by atoms with E-state index in [-0.39, 0.29) is 21.4 Å². The van der Waals surface area contributed by atoms with Crippen molar-refractivity contribution in [2.75, 3.05) is 13.1 Å². The lowest BCUT2D eigenvalue weighted by atomic mass is 9.90. The summed E-state index contributed by atoms with van der Waals surface area (Å²) in [5.41, 5.74) is 4.27. The molecule has 2 aliphatic heterocycles. The highest BCUT2D eigenvalue weighted by molar-refractivity contribution is 7.89. The molecule has 190 valence electrons. The molecule has 1 aromatic carbocycles. The number of aromatic nitrogens is 1. The van der Waals surface area contributed by atoms with Crippen molar-refractivity contribution in [3.05, 3.63) is 64.8 Å². The number of nitrogens with two attached hydrogens (primary N) is 1.